The molecule has 1 heterocycles. The molecule has 0 bridgehead atoms. The molecule has 0 atom stereocenters. The smallest absolute Gasteiger partial charge is 0.275 e. The molecule has 1 saturated carbocycles. The van der Waals surface area contributed by atoms with Crippen molar-refractivity contribution in [1.29, 1.82) is 0 Å². The van der Waals surface area contributed by atoms with Crippen LogP contribution in [0.3, 0.4) is 0 Å². The van der Waals surface area contributed by atoms with Gasteiger partial charge in [0.15, 0.2) is 0 Å². The lowest BCUT2D eigenvalue weighted by Crippen LogP contribution is -2.21. The third-order valence-corrected chi connectivity index (χ3v) is 7.72. The maximum Gasteiger partial charge on any atom is 0.275 e. The van der Waals surface area contributed by atoms with Gasteiger partial charge in [-0.3, -0.25) is 4.79 Å². The lowest BCUT2D eigenvalue weighted by molar-refractivity contribution is -0.0980. The molecule has 42 heavy (non-hydrogen) atoms. The summed E-state index contributed by atoms with van der Waals surface area (Å²) < 4.78 is 13.0. The van der Waals surface area contributed by atoms with E-state index in [1.165, 1.54) is 12.8 Å². The van der Waals surface area contributed by atoms with E-state index in [1.54, 1.807) is 19.2 Å². The van der Waals surface area contributed by atoms with Crippen molar-refractivity contribution < 1.29 is 23.7 Å². The average Bonchev–Trinajstić information content (AvgIpc) is 3.60. The maximum absolute atomic E-state index is 12.6. The van der Waals surface area contributed by atoms with Gasteiger partial charge in [-0.2, -0.15) is 4.28 Å². The number of hydrogen-bond donors (Lipinski definition) is 3. The molecule has 3 N–H and O–H groups in total. The van der Waals surface area contributed by atoms with Crippen molar-refractivity contribution in [2.45, 2.75) is 57.0 Å². The third-order valence-electron chi connectivity index (χ3n) is 6.91. The molecule has 0 radical (unpaired) electrons. The van der Waals surface area contributed by atoms with E-state index in [0.717, 1.165) is 63.4 Å². The topological polar surface area (TPSA) is 102 Å². The highest BCUT2D eigenvalue weighted by Gasteiger charge is 2.16. The maximum atomic E-state index is 12.6. The number of aromatic nitrogens is 1. The SMILES string of the molecule is C=Cc1c(/C=C(\C)NC)c(Cc2ccc(C(=O)NOSc3ccccc3C)cc2OC)cn1C.C=O.OC1CCCC1. The predicted molar refractivity (Wildman–Crippen MR) is 171 cm³/mol. The number of hydroxylamine groups is 1. The highest BCUT2D eigenvalue weighted by atomic mass is 32.2. The van der Waals surface area contributed by atoms with Gasteiger partial charge in [0, 0.05) is 54.1 Å². The average molecular weight is 594 g/mol. The molecular weight excluding hydrogens is 550 g/mol. The largest absolute Gasteiger partial charge is 0.496 e. The normalized spacial score (nSPS) is 12.9. The summed E-state index contributed by atoms with van der Waals surface area (Å²) in [7, 11) is 5.52. The summed E-state index contributed by atoms with van der Waals surface area (Å²) in [6.07, 6.45) is 11.3. The standard InChI is InChI=1S/C27H31N3O3S.C5H10O.CH2O/c1-7-24-23(14-19(3)28-4)22(17-30(24)5)15-20-12-13-21(16-25(20)32-6)27(31)29-33-34-26-11-9-8-10-18(26)2;6-5-3-1-2-4-5;1-2/h7-14,16-17,28H,1,15H2,2-6H3,(H,29,31);5-6H,1-4H2;1H2/b19-14+;;. The molecule has 8 nitrogen and oxygen atoms in total. The van der Waals surface area contributed by atoms with Crippen LogP contribution in [0.4, 0.5) is 0 Å². The van der Waals surface area contributed by atoms with Gasteiger partial charge in [-0.25, -0.2) is 5.48 Å². The summed E-state index contributed by atoms with van der Waals surface area (Å²) in [5.74, 6) is 0.302. The second-order valence-electron chi connectivity index (χ2n) is 9.85. The Labute approximate surface area is 254 Å². The summed E-state index contributed by atoms with van der Waals surface area (Å²) >= 11 is 1.11. The number of ether oxygens (including phenoxy) is 1. The summed E-state index contributed by atoms with van der Waals surface area (Å²) in [6.45, 7) is 9.98. The van der Waals surface area contributed by atoms with Crippen LogP contribution < -0.4 is 15.5 Å². The molecule has 3 aromatic rings. The number of amides is 1. The van der Waals surface area contributed by atoms with Gasteiger partial charge in [-0.05, 0) is 73.7 Å². The minimum atomic E-state index is -0.340. The Bertz CT molecular complexity index is 1350. The molecule has 0 unspecified atom stereocenters. The van der Waals surface area contributed by atoms with Gasteiger partial charge in [0.1, 0.15) is 12.5 Å². The molecule has 9 heteroatoms. The van der Waals surface area contributed by atoms with Crippen molar-refractivity contribution in [3.8, 4) is 5.75 Å². The highest BCUT2D eigenvalue weighted by Crippen LogP contribution is 2.29. The van der Waals surface area contributed by atoms with Crippen LogP contribution >= 0.6 is 12.0 Å². The van der Waals surface area contributed by atoms with Crippen LogP contribution in [0.25, 0.3) is 12.2 Å². The lowest BCUT2D eigenvalue weighted by atomic mass is 9.99. The first kappa shape index (κ1) is 34.4. The molecule has 1 aromatic heterocycles. The van der Waals surface area contributed by atoms with Crippen molar-refractivity contribution in [1.82, 2.24) is 15.4 Å². The van der Waals surface area contributed by atoms with Crippen molar-refractivity contribution in [3.63, 3.8) is 0 Å². The summed E-state index contributed by atoms with van der Waals surface area (Å²) in [6, 6.07) is 13.2. The van der Waals surface area contributed by atoms with Crippen molar-refractivity contribution in [2.75, 3.05) is 14.2 Å². The zero-order valence-corrected chi connectivity index (χ0v) is 26.1. The molecule has 1 fully saturated rings. The highest BCUT2D eigenvalue weighted by molar-refractivity contribution is 7.94. The molecule has 0 spiro atoms. The molecule has 0 aliphatic heterocycles. The second-order valence-corrected chi connectivity index (χ2v) is 10.6. The number of methoxy groups -OCH3 is 1. The Morgan fingerprint density at radius 2 is 1.86 bits per heavy atom. The van der Waals surface area contributed by atoms with E-state index in [1.807, 2.05) is 71.1 Å². The summed E-state index contributed by atoms with van der Waals surface area (Å²) in [4.78, 5) is 21.6. The first-order valence-corrected chi connectivity index (χ1v) is 14.5. The van der Waals surface area contributed by atoms with Gasteiger partial charge in [0.25, 0.3) is 5.91 Å². The van der Waals surface area contributed by atoms with Crippen LogP contribution in [0.1, 0.15) is 70.9 Å². The fraction of sp³-hybridized carbons (Fsp3) is 0.333. The quantitative estimate of drug-likeness (QED) is 0.188. The number of aliphatic hydroxyl groups excluding tert-OH is 1. The van der Waals surface area contributed by atoms with E-state index in [0.29, 0.717) is 17.7 Å². The van der Waals surface area contributed by atoms with Gasteiger partial charge in [0.05, 0.1) is 25.3 Å². The minimum Gasteiger partial charge on any atom is -0.496 e. The number of hydrogen-bond acceptors (Lipinski definition) is 7. The molecule has 1 amide bonds. The Hall–Kier alpha value is -3.79. The van der Waals surface area contributed by atoms with E-state index >= 15 is 0 Å². The van der Waals surface area contributed by atoms with E-state index in [2.05, 4.69) is 34.2 Å². The number of aryl methyl sites for hydroxylation is 2. The Morgan fingerprint density at radius 3 is 2.43 bits per heavy atom. The van der Waals surface area contributed by atoms with E-state index in [-0.39, 0.29) is 12.0 Å². The zero-order chi connectivity index (χ0) is 31.1. The molecule has 4 rings (SSSR count). The summed E-state index contributed by atoms with van der Waals surface area (Å²) in [5.41, 5.74) is 9.34. The van der Waals surface area contributed by atoms with Gasteiger partial charge in [0.2, 0.25) is 0 Å². The van der Waals surface area contributed by atoms with Crippen LogP contribution in [-0.2, 0) is 22.5 Å². The lowest BCUT2D eigenvalue weighted by Gasteiger charge is -2.12. The van der Waals surface area contributed by atoms with Crippen LogP contribution in [0.2, 0.25) is 0 Å². The van der Waals surface area contributed by atoms with Crippen LogP contribution in [0.5, 0.6) is 5.75 Å². The predicted octanol–water partition coefficient (Wildman–Crippen LogP) is 6.26. The van der Waals surface area contributed by atoms with E-state index < -0.39 is 0 Å². The van der Waals surface area contributed by atoms with Crippen LogP contribution in [0.15, 0.2) is 65.8 Å². The number of nitrogens with zero attached hydrogens (tertiary/aromatic N) is 1. The Kier molecular flexibility index (Phi) is 14.7. The number of carbonyl (C=O) groups is 2. The molecule has 0 saturated heterocycles. The third kappa shape index (κ3) is 9.94. The van der Waals surface area contributed by atoms with Gasteiger partial charge in [-0.15, -0.1) is 0 Å². The van der Waals surface area contributed by atoms with Crippen molar-refractivity contribution in [3.05, 3.63) is 94.4 Å². The number of allylic oxidation sites excluding steroid dienone is 1. The Balaban J connectivity index is 0.000000672. The number of nitrogens with one attached hydrogen (secondary N) is 2. The van der Waals surface area contributed by atoms with Gasteiger partial charge >= 0.3 is 0 Å². The zero-order valence-electron chi connectivity index (χ0n) is 25.2. The first-order chi connectivity index (χ1) is 20.3. The fourth-order valence-electron chi connectivity index (χ4n) is 4.53. The monoisotopic (exact) mass is 593 g/mol. The molecule has 1 aliphatic carbocycles. The molecule has 226 valence electrons. The van der Waals surface area contributed by atoms with Crippen molar-refractivity contribution in [2.24, 2.45) is 7.05 Å². The van der Waals surface area contributed by atoms with Gasteiger partial charge in [-0.1, -0.05) is 43.7 Å². The number of benzene rings is 2. The first-order valence-electron chi connectivity index (χ1n) is 13.8. The van der Waals surface area contributed by atoms with Gasteiger partial charge < -0.3 is 24.5 Å². The van der Waals surface area contributed by atoms with Crippen LogP contribution in [-0.4, -0.2) is 42.6 Å². The summed E-state index contributed by atoms with van der Waals surface area (Å²) in [5, 5.41) is 11.9. The van der Waals surface area contributed by atoms with E-state index in [4.69, 9.17) is 18.9 Å². The van der Waals surface area contributed by atoms with Crippen molar-refractivity contribution >= 4 is 36.9 Å². The molecule has 2 aromatic carbocycles. The molecule has 1 aliphatic rings. The van der Waals surface area contributed by atoms with Crippen LogP contribution in [0, 0.1) is 6.92 Å². The number of carbonyl (C=O) groups excluding carboxylic acids is 2. The van der Waals surface area contributed by atoms with E-state index in [9.17, 15) is 4.79 Å². The molecular formula is C33H43N3O5S. The fourth-order valence-corrected chi connectivity index (χ4v) is 5.07. The Morgan fingerprint density at radius 1 is 1.17 bits per heavy atom. The second kappa shape index (κ2) is 17.9. The minimum absolute atomic E-state index is 0.0463. The number of rotatable bonds is 10. The number of aliphatic hydroxyl groups is 1.